The third-order valence-corrected chi connectivity index (χ3v) is 6.07. The topological polar surface area (TPSA) is 29.9 Å². The van der Waals surface area contributed by atoms with Crippen molar-refractivity contribution in [3.05, 3.63) is 64.5 Å². The summed E-state index contributed by atoms with van der Waals surface area (Å²) in [6, 6.07) is 13.5. The predicted octanol–water partition coefficient (Wildman–Crippen LogP) is 4.94. The Hall–Kier alpha value is -2.13. The molecule has 1 N–H and O–H groups in total. The zero-order valence-corrected chi connectivity index (χ0v) is 16.9. The van der Waals surface area contributed by atoms with Crippen LogP contribution in [-0.2, 0) is 13.0 Å². The van der Waals surface area contributed by atoms with Gasteiger partial charge in [0.05, 0.1) is 11.0 Å². The highest BCUT2D eigenvalue weighted by atomic mass is 15.1. The van der Waals surface area contributed by atoms with E-state index in [1.807, 2.05) is 0 Å². The number of hydrogen-bond acceptors (Lipinski definition) is 2. The van der Waals surface area contributed by atoms with Gasteiger partial charge in [0.15, 0.2) is 0 Å². The van der Waals surface area contributed by atoms with E-state index >= 15 is 0 Å². The Morgan fingerprint density at radius 3 is 2.59 bits per heavy atom. The minimum Gasteiger partial charge on any atom is -0.323 e. The summed E-state index contributed by atoms with van der Waals surface area (Å²) in [4.78, 5) is 5.10. The number of benzene rings is 2. The fourth-order valence-electron chi connectivity index (χ4n) is 4.19. The average molecular weight is 362 g/mol. The van der Waals surface area contributed by atoms with Crippen LogP contribution in [0.4, 0.5) is 0 Å². The highest BCUT2D eigenvalue weighted by molar-refractivity contribution is 5.78. The van der Waals surface area contributed by atoms with Crippen molar-refractivity contribution in [1.82, 2.24) is 14.9 Å². The molecule has 2 aromatic carbocycles. The molecule has 1 atom stereocenters. The first-order chi connectivity index (χ1) is 13.1. The van der Waals surface area contributed by atoms with Crippen molar-refractivity contribution in [2.45, 2.75) is 53.0 Å². The van der Waals surface area contributed by atoms with Gasteiger partial charge in [-0.25, -0.2) is 4.98 Å². The van der Waals surface area contributed by atoms with Crippen molar-refractivity contribution in [1.29, 1.82) is 0 Å². The van der Waals surface area contributed by atoms with Gasteiger partial charge in [-0.05, 0) is 87.9 Å². The molecular formula is C24H31N3. The third-order valence-electron chi connectivity index (χ3n) is 6.07. The standard InChI is InChI=1S/C24H31N3/c1-17-6-8-21(9-7-17)16-27-23-14-19(3)18(2)13-22(23)26-24(27)15-20-5-4-11-25-12-10-20/h6-9,13-14,20,25H,4-5,10-12,15-16H2,1-3H3. The van der Waals surface area contributed by atoms with Gasteiger partial charge in [0.1, 0.15) is 5.82 Å². The summed E-state index contributed by atoms with van der Waals surface area (Å²) >= 11 is 0. The lowest BCUT2D eigenvalue weighted by Gasteiger charge is -2.15. The molecule has 0 radical (unpaired) electrons. The molecule has 27 heavy (non-hydrogen) atoms. The zero-order valence-electron chi connectivity index (χ0n) is 16.9. The molecule has 2 heterocycles. The van der Waals surface area contributed by atoms with Crippen LogP contribution in [-0.4, -0.2) is 22.6 Å². The molecule has 1 aliphatic heterocycles. The van der Waals surface area contributed by atoms with Crippen molar-refractivity contribution in [2.75, 3.05) is 13.1 Å². The third kappa shape index (κ3) is 4.08. The Morgan fingerprint density at radius 2 is 1.78 bits per heavy atom. The summed E-state index contributed by atoms with van der Waals surface area (Å²) < 4.78 is 2.46. The molecule has 1 aromatic heterocycles. The van der Waals surface area contributed by atoms with E-state index in [0.717, 1.165) is 37.5 Å². The second kappa shape index (κ2) is 7.85. The van der Waals surface area contributed by atoms with Crippen LogP contribution in [0.1, 0.15) is 47.3 Å². The van der Waals surface area contributed by atoms with E-state index in [1.165, 1.54) is 52.9 Å². The molecule has 142 valence electrons. The normalized spacial score (nSPS) is 18.0. The Labute approximate surface area is 162 Å². The first-order valence-corrected chi connectivity index (χ1v) is 10.3. The highest BCUT2D eigenvalue weighted by Gasteiger charge is 2.18. The van der Waals surface area contributed by atoms with Gasteiger partial charge >= 0.3 is 0 Å². The van der Waals surface area contributed by atoms with E-state index < -0.39 is 0 Å². The van der Waals surface area contributed by atoms with Gasteiger partial charge in [0, 0.05) is 13.0 Å². The number of aryl methyl sites for hydroxylation is 3. The monoisotopic (exact) mass is 361 g/mol. The minimum absolute atomic E-state index is 0.732. The first kappa shape index (κ1) is 18.2. The molecule has 3 aromatic rings. The van der Waals surface area contributed by atoms with E-state index in [1.54, 1.807) is 0 Å². The van der Waals surface area contributed by atoms with Crippen LogP contribution in [0.25, 0.3) is 11.0 Å². The van der Waals surface area contributed by atoms with Crippen molar-refractivity contribution < 1.29 is 0 Å². The molecule has 1 aliphatic rings. The maximum absolute atomic E-state index is 5.10. The van der Waals surface area contributed by atoms with Gasteiger partial charge in [0.25, 0.3) is 0 Å². The van der Waals surface area contributed by atoms with Crippen LogP contribution in [0.3, 0.4) is 0 Å². The average Bonchev–Trinajstić information content (AvgIpc) is 2.83. The number of imidazole rings is 1. The van der Waals surface area contributed by atoms with Gasteiger partial charge in [0.2, 0.25) is 0 Å². The Morgan fingerprint density at radius 1 is 1.00 bits per heavy atom. The fourth-order valence-corrected chi connectivity index (χ4v) is 4.19. The number of fused-ring (bicyclic) bond motifs is 1. The largest absolute Gasteiger partial charge is 0.323 e. The van der Waals surface area contributed by atoms with E-state index in [0.29, 0.717) is 0 Å². The van der Waals surface area contributed by atoms with E-state index in [-0.39, 0.29) is 0 Å². The second-order valence-corrected chi connectivity index (χ2v) is 8.28. The van der Waals surface area contributed by atoms with Crippen LogP contribution in [0.5, 0.6) is 0 Å². The Balaban J connectivity index is 1.72. The number of aromatic nitrogens is 2. The molecule has 4 rings (SSSR count). The first-order valence-electron chi connectivity index (χ1n) is 10.3. The molecular weight excluding hydrogens is 330 g/mol. The second-order valence-electron chi connectivity index (χ2n) is 8.28. The lowest BCUT2D eigenvalue weighted by Crippen LogP contribution is -2.15. The molecule has 1 fully saturated rings. The Bertz CT molecular complexity index is 913. The minimum atomic E-state index is 0.732. The highest BCUT2D eigenvalue weighted by Crippen LogP contribution is 2.26. The summed E-state index contributed by atoms with van der Waals surface area (Å²) in [5.74, 6) is 1.98. The lowest BCUT2D eigenvalue weighted by molar-refractivity contribution is 0.452. The van der Waals surface area contributed by atoms with Crippen molar-refractivity contribution in [3.63, 3.8) is 0 Å². The van der Waals surface area contributed by atoms with Crippen LogP contribution >= 0.6 is 0 Å². The fraction of sp³-hybridized carbons (Fsp3) is 0.458. The van der Waals surface area contributed by atoms with Crippen LogP contribution in [0, 0.1) is 26.7 Å². The maximum atomic E-state index is 5.10. The Kier molecular flexibility index (Phi) is 5.31. The van der Waals surface area contributed by atoms with E-state index in [2.05, 4.69) is 67.1 Å². The molecule has 1 saturated heterocycles. The SMILES string of the molecule is Cc1ccc(Cn2c(CC3CCCNCC3)nc3cc(C)c(C)cc32)cc1. The molecule has 1 unspecified atom stereocenters. The summed E-state index contributed by atoms with van der Waals surface area (Å²) in [6.45, 7) is 9.74. The number of nitrogens with zero attached hydrogens (tertiary/aromatic N) is 2. The lowest BCUT2D eigenvalue weighted by atomic mass is 9.96. The molecule has 0 saturated carbocycles. The van der Waals surface area contributed by atoms with Gasteiger partial charge in [-0.2, -0.15) is 0 Å². The van der Waals surface area contributed by atoms with Crippen LogP contribution in [0.2, 0.25) is 0 Å². The van der Waals surface area contributed by atoms with E-state index in [4.69, 9.17) is 4.98 Å². The summed E-state index contributed by atoms with van der Waals surface area (Å²) in [7, 11) is 0. The van der Waals surface area contributed by atoms with Gasteiger partial charge in [-0.15, -0.1) is 0 Å². The number of rotatable bonds is 4. The maximum Gasteiger partial charge on any atom is 0.110 e. The van der Waals surface area contributed by atoms with Crippen molar-refractivity contribution in [3.8, 4) is 0 Å². The molecule has 0 spiro atoms. The molecule has 3 heteroatoms. The van der Waals surface area contributed by atoms with Crippen LogP contribution < -0.4 is 5.32 Å². The van der Waals surface area contributed by atoms with Gasteiger partial charge in [-0.1, -0.05) is 29.8 Å². The molecule has 0 bridgehead atoms. The van der Waals surface area contributed by atoms with Crippen molar-refractivity contribution >= 4 is 11.0 Å². The number of nitrogens with one attached hydrogen (secondary N) is 1. The summed E-state index contributed by atoms with van der Waals surface area (Å²) in [6.07, 6.45) is 4.92. The van der Waals surface area contributed by atoms with Crippen LogP contribution in [0.15, 0.2) is 36.4 Å². The van der Waals surface area contributed by atoms with Gasteiger partial charge in [-0.3, -0.25) is 0 Å². The predicted molar refractivity (Wildman–Crippen MR) is 113 cm³/mol. The van der Waals surface area contributed by atoms with Gasteiger partial charge < -0.3 is 9.88 Å². The van der Waals surface area contributed by atoms with Crippen molar-refractivity contribution in [2.24, 2.45) is 5.92 Å². The zero-order chi connectivity index (χ0) is 18.8. The molecule has 0 aliphatic carbocycles. The van der Waals surface area contributed by atoms with E-state index in [9.17, 15) is 0 Å². The molecule has 0 amide bonds. The number of hydrogen-bond donors (Lipinski definition) is 1. The summed E-state index contributed by atoms with van der Waals surface area (Å²) in [5, 5.41) is 3.54. The smallest absolute Gasteiger partial charge is 0.110 e. The quantitative estimate of drug-likeness (QED) is 0.713. The summed E-state index contributed by atoms with van der Waals surface area (Å²) in [5.41, 5.74) is 7.76. The molecule has 3 nitrogen and oxygen atoms in total.